The van der Waals surface area contributed by atoms with E-state index in [1.807, 2.05) is 12.1 Å². The molecule has 2 fully saturated rings. The van der Waals surface area contributed by atoms with Crippen LogP contribution < -0.4 is 20.0 Å². The normalized spacial score (nSPS) is 16.9. The van der Waals surface area contributed by atoms with Gasteiger partial charge >= 0.3 is 0 Å². The number of hydrazine groups is 1. The van der Waals surface area contributed by atoms with Crippen molar-refractivity contribution in [1.82, 2.24) is 15.0 Å². The number of ether oxygens (including phenoxy) is 3. The zero-order chi connectivity index (χ0) is 24.2. The molecule has 10 nitrogen and oxygen atoms in total. The van der Waals surface area contributed by atoms with Crippen molar-refractivity contribution < 1.29 is 19.0 Å². The van der Waals surface area contributed by atoms with Gasteiger partial charge in [0.2, 0.25) is 0 Å². The van der Waals surface area contributed by atoms with E-state index in [-0.39, 0.29) is 5.91 Å². The summed E-state index contributed by atoms with van der Waals surface area (Å²) in [7, 11) is 1.63. The summed E-state index contributed by atoms with van der Waals surface area (Å²) in [5.41, 5.74) is 2.36. The minimum absolute atomic E-state index is 0.224. The summed E-state index contributed by atoms with van der Waals surface area (Å²) in [6.07, 6.45) is 1.67. The van der Waals surface area contributed by atoms with E-state index in [2.05, 4.69) is 38.2 Å². The Kier molecular flexibility index (Phi) is 7.28. The molecule has 186 valence electrons. The lowest BCUT2D eigenvalue weighted by atomic mass is 10.2. The van der Waals surface area contributed by atoms with Crippen molar-refractivity contribution in [3.8, 4) is 5.75 Å². The Hall–Kier alpha value is -2.99. The Morgan fingerprint density at radius 3 is 2.60 bits per heavy atom. The molecule has 1 amide bonds. The van der Waals surface area contributed by atoms with Crippen molar-refractivity contribution in [3.63, 3.8) is 0 Å². The van der Waals surface area contributed by atoms with E-state index >= 15 is 0 Å². The number of fused-ring (bicyclic) bond motifs is 1. The Bertz CT molecular complexity index is 1180. The Labute approximate surface area is 208 Å². The minimum Gasteiger partial charge on any atom is -0.494 e. The highest BCUT2D eigenvalue weighted by Gasteiger charge is 2.22. The third-order valence-electron chi connectivity index (χ3n) is 6.18. The van der Waals surface area contributed by atoms with Gasteiger partial charge in [0.1, 0.15) is 17.1 Å². The number of amides is 1. The number of aromatic nitrogens is 2. The zero-order valence-corrected chi connectivity index (χ0v) is 20.8. The Morgan fingerprint density at radius 2 is 1.89 bits per heavy atom. The van der Waals surface area contributed by atoms with Gasteiger partial charge in [-0.1, -0.05) is 11.3 Å². The van der Waals surface area contributed by atoms with Crippen molar-refractivity contribution in [2.45, 2.75) is 6.92 Å². The fraction of sp³-hybridized carbons (Fsp3) is 0.458. The smallest absolute Gasteiger partial charge is 0.257 e. The zero-order valence-electron chi connectivity index (χ0n) is 20.0. The maximum absolute atomic E-state index is 13.2. The molecule has 4 heterocycles. The van der Waals surface area contributed by atoms with E-state index in [4.69, 9.17) is 19.2 Å². The summed E-state index contributed by atoms with van der Waals surface area (Å²) >= 11 is 1.45. The van der Waals surface area contributed by atoms with Gasteiger partial charge in [-0.3, -0.25) is 15.1 Å². The van der Waals surface area contributed by atoms with Crippen LogP contribution in [0.4, 0.5) is 16.6 Å². The molecule has 2 aliphatic heterocycles. The number of rotatable bonds is 7. The molecule has 3 aromatic rings. The number of methoxy groups -OCH3 is 1. The van der Waals surface area contributed by atoms with E-state index in [0.717, 1.165) is 54.4 Å². The van der Waals surface area contributed by atoms with Gasteiger partial charge in [0.05, 0.1) is 43.9 Å². The highest BCUT2D eigenvalue weighted by Crippen LogP contribution is 2.39. The second-order valence-corrected chi connectivity index (χ2v) is 9.22. The Balaban J connectivity index is 1.39. The van der Waals surface area contributed by atoms with E-state index in [1.165, 1.54) is 11.3 Å². The molecule has 0 atom stereocenters. The molecule has 2 aromatic heterocycles. The van der Waals surface area contributed by atoms with E-state index in [0.29, 0.717) is 42.9 Å². The van der Waals surface area contributed by atoms with Crippen LogP contribution in [0.1, 0.15) is 17.3 Å². The van der Waals surface area contributed by atoms with E-state index < -0.39 is 0 Å². The summed E-state index contributed by atoms with van der Waals surface area (Å²) in [6, 6.07) is 7.52. The van der Waals surface area contributed by atoms with Gasteiger partial charge < -0.3 is 19.1 Å². The van der Waals surface area contributed by atoms with Gasteiger partial charge in [-0.15, -0.1) is 0 Å². The van der Waals surface area contributed by atoms with Gasteiger partial charge in [-0.05, 0) is 31.2 Å². The van der Waals surface area contributed by atoms with Crippen LogP contribution in [-0.2, 0) is 9.47 Å². The fourth-order valence-electron chi connectivity index (χ4n) is 4.41. The molecular weight excluding hydrogens is 468 g/mol. The quantitative estimate of drug-likeness (QED) is 0.528. The first-order chi connectivity index (χ1) is 17.2. The maximum atomic E-state index is 13.2. The van der Waals surface area contributed by atoms with Crippen LogP contribution in [0, 0.1) is 0 Å². The minimum atomic E-state index is -0.224. The molecule has 0 radical (unpaired) electrons. The molecule has 0 bridgehead atoms. The first-order valence-electron chi connectivity index (χ1n) is 11.9. The number of benzene rings is 1. The number of thiazole rings is 1. The van der Waals surface area contributed by atoms with Crippen LogP contribution in [0.15, 0.2) is 30.5 Å². The average Bonchev–Trinajstić information content (AvgIpc) is 3.33. The number of hydrogen-bond acceptors (Lipinski definition) is 10. The first kappa shape index (κ1) is 23.7. The van der Waals surface area contributed by atoms with Crippen molar-refractivity contribution in [2.24, 2.45) is 0 Å². The summed E-state index contributed by atoms with van der Waals surface area (Å²) in [6.45, 7) is 8.81. The van der Waals surface area contributed by atoms with Crippen LogP contribution in [-0.4, -0.2) is 87.1 Å². The lowest BCUT2D eigenvalue weighted by molar-refractivity contribution is 0.0318. The summed E-state index contributed by atoms with van der Waals surface area (Å²) in [4.78, 5) is 24.7. The average molecular weight is 499 g/mol. The number of carbonyl (C=O) groups excluding carboxylic acids is 1. The number of pyridine rings is 1. The van der Waals surface area contributed by atoms with Crippen LogP contribution in [0.2, 0.25) is 0 Å². The van der Waals surface area contributed by atoms with E-state index in [1.54, 1.807) is 19.4 Å². The molecule has 11 heteroatoms. The standard InChI is InChI=1S/C24H30N6O4S/c1-3-30(29-10-14-34-15-11-29)20-16-17(6-7-25-20)23(31)27-24-26-21-19(32-2)5-4-18(22(21)35-24)28-8-12-33-13-9-28/h4-7,16H,3,8-15H2,1-2H3,(H,26,27,31). The largest absolute Gasteiger partial charge is 0.494 e. The topological polar surface area (TPSA) is 92.3 Å². The second-order valence-electron chi connectivity index (χ2n) is 8.22. The molecule has 0 unspecified atom stereocenters. The lowest BCUT2D eigenvalue weighted by Crippen LogP contribution is -2.49. The number of nitrogens with zero attached hydrogens (tertiary/aromatic N) is 5. The van der Waals surface area contributed by atoms with Crippen molar-refractivity contribution in [1.29, 1.82) is 0 Å². The Morgan fingerprint density at radius 1 is 1.14 bits per heavy atom. The highest BCUT2D eigenvalue weighted by atomic mass is 32.1. The molecule has 1 aromatic carbocycles. The van der Waals surface area contributed by atoms with Gasteiger partial charge in [0.25, 0.3) is 5.91 Å². The van der Waals surface area contributed by atoms with Crippen molar-refractivity contribution in [2.75, 3.05) is 81.5 Å². The van der Waals surface area contributed by atoms with Crippen LogP contribution >= 0.6 is 11.3 Å². The molecule has 2 saturated heterocycles. The predicted molar refractivity (Wildman–Crippen MR) is 137 cm³/mol. The molecule has 35 heavy (non-hydrogen) atoms. The summed E-state index contributed by atoms with van der Waals surface area (Å²) in [5.74, 6) is 1.20. The van der Waals surface area contributed by atoms with E-state index in [9.17, 15) is 4.79 Å². The maximum Gasteiger partial charge on any atom is 0.257 e. The molecular formula is C24H30N6O4S. The SMILES string of the molecule is CCN(c1cc(C(=O)Nc2nc3c(OC)ccc(N4CCOCC4)c3s2)ccn1)N1CCOCC1. The van der Waals surface area contributed by atoms with Crippen LogP contribution in [0.3, 0.4) is 0 Å². The van der Waals surface area contributed by atoms with Crippen LogP contribution in [0.5, 0.6) is 5.75 Å². The fourth-order valence-corrected chi connectivity index (χ4v) is 5.43. The summed E-state index contributed by atoms with van der Waals surface area (Å²) in [5, 5.41) is 7.82. The number of hydrogen-bond donors (Lipinski definition) is 1. The molecule has 1 N–H and O–H groups in total. The lowest BCUT2D eigenvalue weighted by Gasteiger charge is -2.37. The number of morpholine rings is 2. The number of carbonyl (C=O) groups is 1. The van der Waals surface area contributed by atoms with Gasteiger partial charge in [0.15, 0.2) is 5.13 Å². The molecule has 5 rings (SSSR count). The summed E-state index contributed by atoms with van der Waals surface area (Å²) < 4.78 is 17.5. The van der Waals surface area contributed by atoms with Gasteiger partial charge in [-0.2, -0.15) is 0 Å². The third-order valence-corrected chi connectivity index (χ3v) is 7.17. The number of anilines is 3. The monoisotopic (exact) mass is 498 g/mol. The first-order valence-corrected chi connectivity index (χ1v) is 12.7. The molecule has 2 aliphatic rings. The molecule has 0 saturated carbocycles. The second kappa shape index (κ2) is 10.7. The molecule has 0 aliphatic carbocycles. The van der Waals surface area contributed by atoms with Crippen molar-refractivity contribution >= 4 is 44.1 Å². The van der Waals surface area contributed by atoms with Gasteiger partial charge in [-0.25, -0.2) is 15.0 Å². The highest BCUT2D eigenvalue weighted by molar-refractivity contribution is 7.23. The predicted octanol–water partition coefficient (Wildman–Crippen LogP) is 2.86. The third kappa shape index (κ3) is 5.03. The molecule has 0 spiro atoms. The van der Waals surface area contributed by atoms with Crippen LogP contribution in [0.25, 0.3) is 10.2 Å². The van der Waals surface area contributed by atoms with Crippen molar-refractivity contribution in [3.05, 3.63) is 36.0 Å². The number of nitrogens with one attached hydrogen (secondary N) is 1. The van der Waals surface area contributed by atoms with Gasteiger partial charge in [0, 0.05) is 44.5 Å².